The molecule has 1 aliphatic rings. The van der Waals surface area contributed by atoms with Gasteiger partial charge in [-0.05, 0) is 76.4 Å². The molecule has 0 saturated carbocycles. The summed E-state index contributed by atoms with van der Waals surface area (Å²) in [5, 5.41) is 22.4. The summed E-state index contributed by atoms with van der Waals surface area (Å²) in [5.74, 6) is -2.98. The van der Waals surface area contributed by atoms with E-state index < -0.39 is 34.9 Å². The molecule has 1 atom stereocenters. The lowest BCUT2D eigenvalue weighted by molar-refractivity contribution is -0.153. The van der Waals surface area contributed by atoms with Crippen molar-refractivity contribution >= 4 is 22.6 Å². The van der Waals surface area contributed by atoms with Gasteiger partial charge in [-0.1, -0.05) is 0 Å². The molecule has 0 bridgehead atoms. The number of aliphatic hydroxyl groups is 1. The second-order valence-corrected chi connectivity index (χ2v) is 10.8. The van der Waals surface area contributed by atoms with E-state index in [9.17, 15) is 28.2 Å². The summed E-state index contributed by atoms with van der Waals surface area (Å²) >= 11 is 0. The van der Waals surface area contributed by atoms with Crippen LogP contribution in [0.2, 0.25) is 0 Å². The lowest BCUT2D eigenvalue weighted by Gasteiger charge is -2.39. The molecule has 40 heavy (non-hydrogen) atoms. The zero-order valence-corrected chi connectivity index (χ0v) is 23.1. The number of fused-ring (bicyclic) bond motifs is 1. The first-order valence-corrected chi connectivity index (χ1v) is 13.5. The molecule has 7 nitrogen and oxygen atoms in total. The summed E-state index contributed by atoms with van der Waals surface area (Å²) in [5.41, 5.74) is 1.03. The normalized spacial score (nSPS) is 16.2. The Morgan fingerprint density at radius 1 is 1.15 bits per heavy atom. The topological polar surface area (TPSA) is 86.1 Å². The molecular weight excluding hydrogens is 523 g/mol. The van der Waals surface area contributed by atoms with Gasteiger partial charge in [-0.3, -0.25) is 9.78 Å². The van der Waals surface area contributed by atoms with E-state index >= 15 is 0 Å². The molecule has 2 N–H and O–H groups in total. The number of hydrogen-bond acceptors (Lipinski definition) is 6. The SMILES string of the molecule is COc1ccc2ncc(N(C)C)c(C(O)CCC3(C(=O)O)CCN(CCCc4c(F)cc(F)cc4F)CC3)c2c1. The van der Waals surface area contributed by atoms with Crippen molar-refractivity contribution in [3.05, 3.63) is 65.1 Å². The predicted molar refractivity (Wildman–Crippen MR) is 147 cm³/mol. The van der Waals surface area contributed by atoms with Crippen LogP contribution in [0.4, 0.5) is 18.9 Å². The molecule has 4 rings (SSSR count). The van der Waals surface area contributed by atoms with Crippen LogP contribution in [0.3, 0.4) is 0 Å². The number of benzene rings is 2. The number of hydrogen-bond donors (Lipinski definition) is 2. The van der Waals surface area contributed by atoms with Crippen molar-refractivity contribution in [1.82, 2.24) is 9.88 Å². The number of aliphatic hydroxyl groups excluding tert-OH is 1. The summed E-state index contributed by atoms with van der Waals surface area (Å²) in [6.07, 6.45) is 2.75. The molecule has 0 radical (unpaired) electrons. The van der Waals surface area contributed by atoms with Crippen molar-refractivity contribution < 1.29 is 32.9 Å². The zero-order valence-electron chi connectivity index (χ0n) is 23.1. The number of carboxylic acid groups (broad SMARTS) is 1. The molecular formula is C30H36F3N3O4. The van der Waals surface area contributed by atoms with E-state index in [0.29, 0.717) is 74.3 Å². The van der Waals surface area contributed by atoms with Gasteiger partial charge in [0, 0.05) is 42.7 Å². The lowest BCUT2D eigenvalue weighted by Crippen LogP contribution is -2.44. The number of carbonyl (C=O) groups is 1. The van der Waals surface area contributed by atoms with Crippen molar-refractivity contribution in [2.24, 2.45) is 5.41 Å². The molecule has 216 valence electrons. The van der Waals surface area contributed by atoms with Crippen LogP contribution in [-0.2, 0) is 11.2 Å². The highest BCUT2D eigenvalue weighted by Crippen LogP contribution is 2.41. The molecule has 1 aliphatic heterocycles. The van der Waals surface area contributed by atoms with Crippen LogP contribution in [0.15, 0.2) is 36.5 Å². The minimum absolute atomic E-state index is 0.129. The molecule has 0 aliphatic carbocycles. The minimum Gasteiger partial charge on any atom is -0.497 e. The van der Waals surface area contributed by atoms with E-state index in [2.05, 4.69) is 9.88 Å². The van der Waals surface area contributed by atoms with Crippen LogP contribution in [0, 0.1) is 22.9 Å². The molecule has 1 unspecified atom stereocenters. The molecule has 10 heteroatoms. The number of likely N-dealkylation sites (tertiary alicyclic amines) is 1. The average Bonchev–Trinajstić information content (AvgIpc) is 2.92. The van der Waals surface area contributed by atoms with Crippen LogP contribution in [0.1, 0.15) is 49.3 Å². The second-order valence-electron chi connectivity index (χ2n) is 10.8. The van der Waals surface area contributed by atoms with Gasteiger partial charge >= 0.3 is 5.97 Å². The zero-order chi connectivity index (χ0) is 29.0. The third kappa shape index (κ3) is 6.33. The largest absolute Gasteiger partial charge is 0.497 e. The Bertz CT molecular complexity index is 1340. The third-order valence-corrected chi connectivity index (χ3v) is 8.08. The summed E-state index contributed by atoms with van der Waals surface area (Å²) in [6.45, 7) is 1.59. The molecule has 3 aromatic rings. The fraction of sp³-hybridized carbons (Fsp3) is 0.467. The maximum atomic E-state index is 13.9. The number of methoxy groups -OCH3 is 1. The Hall–Kier alpha value is -3.37. The van der Waals surface area contributed by atoms with E-state index in [-0.39, 0.29) is 18.4 Å². The standard InChI is InChI=1S/C30H36F3N3O4/c1-35(2)26-18-34-25-7-6-20(40-3)17-22(25)28(26)27(37)8-9-30(29(38)39)10-13-36(14-11-30)12-4-5-21-23(32)15-19(31)16-24(21)33/h6-7,15-18,27,37H,4-5,8-14H2,1-3H3,(H,38,39). The summed E-state index contributed by atoms with van der Waals surface area (Å²) in [4.78, 5) is 20.9. The average molecular weight is 560 g/mol. The number of anilines is 1. The van der Waals surface area contributed by atoms with Gasteiger partial charge in [-0.15, -0.1) is 0 Å². The lowest BCUT2D eigenvalue weighted by atomic mass is 9.74. The van der Waals surface area contributed by atoms with Crippen LogP contribution in [-0.4, -0.2) is 66.9 Å². The minimum atomic E-state index is -0.981. The van der Waals surface area contributed by atoms with Gasteiger partial charge in [-0.2, -0.15) is 0 Å². The molecule has 2 heterocycles. The highest BCUT2D eigenvalue weighted by molar-refractivity contribution is 5.88. The highest BCUT2D eigenvalue weighted by atomic mass is 19.1. The van der Waals surface area contributed by atoms with Gasteiger partial charge < -0.3 is 24.7 Å². The van der Waals surface area contributed by atoms with E-state index in [0.717, 1.165) is 11.1 Å². The number of carboxylic acids is 1. The van der Waals surface area contributed by atoms with Gasteiger partial charge in [0.05, 0.1) is 36.0 Å². The van der Waals surface area contributed by atoms with E-state index in [1.165, 1.54) is 0 Å². The van der Waals surface area contributed by atoms with Gasteiger partial charge in [-0.25, -0.2) is 13.2 Å². The van der Waals surface area contributed by atoms with Gasteiger partial charge in [0.25, 0.3) is 0 Å². The van der Waals surface area contributed by atoms with Gasteiger partial charge in [0.15, 0.2) is 0 Å². The van der Waals surface area contributed by atoms with Crippen molar-refractivity contribution in [3.63, 3.8) is 0 Å². The maximum Gasteiger partial charge on any atom is 0.309 e. The monoisotopic (exact) mass is 559 g/mol. The van der Waals surface area contributed by atoms with Gasteiger partial charge in [0.2, 0.25) is 0 Å². The first kappa shape index (κ1) is 29.6. The van der Waals surface area contributed by atoms with Crippen LogP contribution >= 0.6 is 0 Å². The Kier molecular flexibility index (Phi) is 9.20. The van der Waals surface area contributed by atoms with Crippen LogP contribution in [0.25, 0.3) is 10.9 Å². The molecule has 0 spiro atoms. The number of pyridine rings is 1. The van der Waals surface area contributed by atoms with Crippen molar-refractivity contribution in [2.45, 2.75) is 44.6 Å². The Balaban J connectivity index is 1.41. The molecule has 2 aromatic carbocycles. The number of aliphatic carboxylic acids is 1. The number of ether oxygens (including phenoxy) is 1. The molecule has 1 aromatic heterocycles. The van der Waals surface area contributed by atoms with Crippen molar-refractivity contribution in [1.29, 1.82) is 0 Å². The van der Waals surface area contributed by atoms with E-state index in [1.54, 1.807) is 19.4 Å². The van der Waals surface area contributed by atoms with Gasteiger partial charge in [0.1, 0.15) is 23.2 Å². The number of nitrogens with zero attached hydrogens (tertiary/aromatic N) is 3. The molecule has 1 saturated heterocycles. The fourth-order valence-electron chi connectivity index (χ4n) is 5.64. The first-order chi connectivity index (χ1) is 19.0. The van der Waals surface area contributed by atoms with Crippen LogP contribution < -0.4 is 9.64 Å². The van der Waals surface area contributed by atoms with Crippen LogP contribution in [0.5, 0.6) is 5.75 Å². The first-order valence-electron chi connectivity index (χ1n) is 13.5. The quantitative estimate of drug-likeness (QED) is 0.328. The summed E-state index contributed by atoms with van der Waals surface area (Å²) < 4.78 is 46.4. The predicted octanol–water partition coefficient (Wildman–Crippen LogP) is 5.34. The summed E-state index contributed by atoms with van der Waals surface area (Å²) in [7, 11) is 5.31. The smallest absolute Gasteiger partial charge is 0.309 e. The number of piperidine rings is 1. The molecule has 1 fully saturated rings. The number of aromatic nitrogens is 1. The second kappa shape index (κ2) is 12.4. The number of rotatable bonds is 11. The third-order valence-electron chi connectivity index (χ3n) is 8.08. The van der Waals surface area contributed by atoms with Crippen molar-refractivity contribution in [3.8, 4) is 5.75 Å². The molecule has 0 amide bonds. The highest BCUT2D eigenvalue weighted by Gasteiger charge is 2.41. The Morgan fingerprint density at radius 2 is 1.82 bits per heavy atom. The van der Waals surface area contributed by atoms with Crippen molar-refractivity contribution in [2.75, 3.05) is 45.7 Å². The fourth-order valence-corrected chi connectivity index (χ4v) is 5.64. The van der Waals surface area contributed by atoms with E-state index in [4.69, 9.17) is 4.74 Å². The Labute approximate surface area is 232 Å². The van der Waals surface area contributed by atoms with E-state index in [1.807, 2.05) is 31.1 Å². The summed E-state index contributed by atoms with van der Waals surface area (Å²) in [6, 6.07) is 6.84. The Morgan fingerprint density at radius 3 is 2.42 bits per heavy atom. The number of halogens is 3. The maximum absolute atomic E-state index is 13.9.